The molecule has 0 spiro atoms. The number of rotatable bonds is 10. The molecular formula is C47H48Cl2N8O4. The first-order valence-electron chi connectivity index (χ1n) is 20.7. The van der Waals surface area contributed by atoms with E-state index >= 15 is 4.79 Å². The molecule has 0 bridgehead atoms. The molecule has 1 fully saturated rings. The van der Waals surface area contributed by atoms with Crippen molar-refractivity contribution >= 4 is 62.5 Å². The third-order valence-corrected chi connectivity index (χ3v) is 13.1. The largest absolute Gasteiger partial charge is 0.494 e. The lowest BCUT2D eigenvalue weighted by molar-refractivity contribution is -0.135. The third kappa shape index (κ3) is 7.24. The Labute approximate surface area is 364 Å². The van der Waals surface area contributed by atoms with Gasteiger partial charge in [0.25, 0.3) is 5.91 Å². The van der Waals surface area contributed by atoms with Crippen LogP contribution in [0.25, 0.3) is 44.3 Å². The molecule has 0 aliphatic carbocycles. The summed E-state index contributed by atoms with van der Waals surface area (Å²) in [7, 11) is 1.94. The van der Waals surface area contributed by atoms with Crippen LogP contribution in [0, 0.1) is 27.7 Å². The van der Waals surface area contributed by atoms with Gasteiger partial charge >= 0.3 is 0 Å². The van der Waals surface area contributed by atoms with Gasteiger partial charge in [-0.3, -0.25) is 14.3 Å². The van der Waals surface area contributed by atoms with Crippen LogP contribution >= 0.6 is 23.2 Å². The summed E-state index contributed by atoms with van der Waals surface area (Å²) >= 11 is 13.6. The van der Waals surface area contributed by atoms with E-state index < -0.39 is 0 Å². The van der Waals surface area contributed by atoms with Gasteiger partial charge < -0.3 is 28.4 Å². The van der Waals surface area contributed by atoms with E-state index in [2.05, 4.69) is 27.5 Å². The number of aromatic nitrogens is 6. The van der Waals surface area contributed by atoms with E-state index in [4.69, 9.17) is 37.8 Å². The lowest BCUT2D eigenvalue weighted by Crippen LogP contribution is -2.43. The van der Waals surface area contributed by atoms with Crippen molar-refractivity contribution in [1.82, 2.24) is 33.8 Å². The molecule has 1 atom stereocenters. The zero-order chi connectivity index (χ0) is 42.7. The first-order chi connectivity index (χ1) is 29.4. The van der Waals surface area contributed by atoms with Crippen molar-refractivity contribution in [3.05, 3.63) is 111 Å². The van der Waals surface area contributed by atoms with Crippen LogP contribution in [0.1, 0.15) is 58.0 Å². The van der Waals surface area contributed by atoms with Crippen molar-refractivity contribution in [2.75, 3.05) is 44.4 Å². The van der Waals surface area contributed by atoms with Gasteiger partial charge in [-0.2, -0.15) is 5.10 Å². The van der Waals surface area contributed by atoms with Gasteiger partial charge in [0, 0.05) is 89.5 Å². The summed E-state index contributed by atoms with van der Waals surface area (Å²) in [5, 5.41) is 7.90. The summed E-state index contributed by atoms with van der Waals surface area (Å²) in [5.74, 6) is 1.21. The van der Waals surface area contributed by atoms with Gasteiger partial charge in [-0.15, -0.1) is 0 Å². The predicted molar refractivity (Wildman–Crippen MR) is 240 cm³/mol. The summed E-state index contributed by atoms with van der Waals surface area (Å²) in [5.41, 5.74) is 10.4. The summed E-state index contributed by atoms with van der Waals surface area (Å²) in [6, 6.07) is 15.5. The Morgan fingerprint density at radius 3 is 2.39 bits per heavy atom. The minimum absolute atomic E-state index is 0.000456. The second-order valence-corrected chi connectivity index (χ2v) is 17.0. The number of nitrogens with zero attached hydrogens (tertiary/aromatic N) is 8. The number of hydrogen-bond acceptors (Lipinski definition) is 7. The van der Waals surface area contributed by atoms with Gasteiger partial charge in [0.1, 0.15) is 18.0 Å². The van der Waals surface area contributed by atoms with E-state index in [9.17, 15) is 4.79 Å². The maximum Gasteiger partial charge on any atom is 0.275 e. The third-order valence-electron chi connectivity index (χ3n) is 12.2. The van der Waals surface area contributed by atoms with E-state index in [-0.39, 0.29) is 24.4 Å². The molecule has 2 amide bonds. The van der Waals surface area contributed by atoms with Crippen molar-refractivity contribution < 1.29 is 19.1 Å². The molecule has 314 valence electrons. The average molecular weight is 860 g/mol. The van der Waals surface area contributed by atoms with E-state index in [1.54, 1.807) is 18.5 Å². The number of fused-ring (bicyclic) bond motifs is 4. The quantitative estimate of drug-likeness (QED) is 0.126. The first kappa shape index (κ1) is 40.7. The molecule has 2 aliphatic heterocycles. The smallest absolute Gasteiger partial charge is 0.275 e. The lowest BCUT2D eigenvalue weighted by Gasteiger charge is -2.34. The number of carbonyl (C=O) groups excluding carboxylic acids is 2. The SMILES string of the molecule is Cc1cc(OCCCc2c3n(c4c(-c5c(C)nn(C)c5C)c(Cl)ccc24)[C@H](C)CN(c2cn(CC(=O)N4CCOCC4)c4ccc(-c5ncccn5)cc24)C3=O)cc(C)c1Cl. The van der Waals surface area contributed by atoms with Gasteiger partial charge in [-0.05, 0) is 107 Å². The molecule has 2 aliphatic rings. The van der Waals surface area contributed by atoms with Gasteiger partial charge in [-0.1, -0.05) is 29.3 Å². The number of aryl methyl sites for hydroxylation is 5. The Bertz CT molecular complexity index is 2830. The molecule has 0 saturated carbocycles. The molecule has 61 heavy (non-hydrogen) atoms. The molecule has 3 aromatic carbocycles. The Morgan fingerprint density at radius 1 is 0.951 bits per heavy atom. The monoisotopic (exact) mass is 858 g/mol. The van der Waals surface area contributed by atoms with Crippen molar-refractivity contribution in [1.29, 1.82) is 0 Å². The van der Waals surface area contributed by atoms with Crippen molar-refractivity contribution in [3.63, 3.8) is 0 Å². The molecule has 14 heteroatoms. The van der Waals surface area contributed by atoms with Crippen molar-refractivity contribution in [3.8, 4) is 28.3 Å². The van der Waals surface area contributed by atoms with E-state index in [0.717, 1.165) is 83.0 Å². The predicted octanol–water partition coefficient (Wildman–Crippen LogP) is 9.09. The zero-order valence-electron chi connectivity index (χ0n) is 35.3. The number of benzene rings is 3. The molecule has 0 radical (unpaired) electrons. The van der Waals surface area contributed by atoms with E-state index in [1.165, 1.54) is 0 Å². The molecule has 6 heterocycles. The first-order valence-corrected chi connectivity index (χ1v) is 21.5. The summed E-state index contributed by atoms with van der Waals surface area (Å²) in [4.78, 5) is 42.0. The molecular weight excluding hydrogens is 811 g/mol. The number of amides is 2. The average Bonchev–Trinajstić information content (AvgIpc) is 3.87. The van der Waals surface area contributed by atoms with Gasteiger partial charge in [0.15, 0.2) is 5.82 Å². The highest BCUT2D eigenvalue weighted by molar-refractivity contribution is 6.35. The van der Waals surface area contributed by atoms with Crippen LogP contribution in [-0.2, 0) is 29.5 Å². The Hall–Kier alpha value is -5.69. The summed E-state index contributed by atoms with van der Waals surface area (Å²) in [6.07, 6.45) is 6.62. The summed E-state index contributed by atoms with van der Waals surface area (Å²) < 4.78 is 17.9. The Kier molecular flexibility index (Phi) is 10.9. The fraction of sp³-hybridized carbons (Fsp3) is 0.340. The number of ether oxygens (including phenoxy) is 2. The fourth-order valence-corrected chi connectivity index (χ4v) is 9.56. The van der Waals surface area contributed by atoms with Gasteiger partial charge in [0.2, 0.25) is 5.91 Å². The van der Waals surface area contributed by atoms with Crippen LogP contribution in [0.2, 0.25) is 10.0 Å². The number of anilines is 1. The molecule has 0 unspecified atom stereocenters. The Morgan fingerprint density at radius 2 is 1.69 bits per heavy atom. The van der Waals surface area contributed by atoms with Crippen LogP contribution in [0.15, 0.2) is 67.1 Å². The van der Waals surface area contributed by atoms with Crippen LogP contribution in [0.4, 0.5) is 5.69 Å². The molecule has 7 aromatic rings. The zero-order valence-corrected chi connectivity index (χ0v) is 36.8. The van der Waals surface area contributed by atoms with Crippen LogP contribution in [-0.4, -0.2) is 85.1 Å². The molecule has 9 rings (SSSR count). The fourth-order valence-electron chi connectivity index (χ4n) is 9.21. The van der Waals surface area contributed by atoms with Gasteiger partial charge in [-0.25, -0.2) is 9.97 Å². The van der Waals surface area contributed by atoms with Crippen molar-refractivity contribution in [2.24, 2.45) is 7.05 Å². The molecule has 12 nitrogen and oxygen atoms in total. The molecule has 4 aromatic heterocycles. The van der Waals surface area contributed by atoms with E-state index in [0.29, 0.717) is 68.8 Å². The summed E-state index contributed by atoms with van der Waals surface area (Å²) in [6.45, 7) is 13.2. The minimum atomic E-state index is -0.163. The second kappa shape index (κ2) is 16.3. The van der Waals surface area contributed by atoms with Crippen molar-refractivity contribution in [2.45, 2.75) is 60.0 Å². The topological polar surface area (TPSA) is 113 Å². The van der Waals surface area contributed by atoms with Crippen LogP contribution < -0.4 is 9.64 Å². The maximum atomic E-state index is 15.6. The highest BCUT2D eigenvalue weighted by Crippen LogP contribution is 2.46. The second-order valence-electron chi connectivity index (χ2n) is 16.2. The van der Waals surface area contributed by atoms with E-state index in [1.807, 2.05) is 96.4 Å². The molecule has 1 saturated heterocycles. The van der Waals surface area contributed by atoms with Gasteiger partial charge in [0.05, 0.1) is 47.3 Å². The standard InChI is InChI=1S/C47H48Cl2N8O4/c1-27-21-33(22-28(2)43(27)49)61-18-7-9-34-35-11-12-37(48)42(41-30(4)52-53(6)31(41)5)44(35)57-29(3)24-56(47(59)45(34)57)39-25-55(26-40(58)54-16-19-60-20-17-54)38-13-10-32(23-36(38)39)46-50-14-8-15-51-46/h8,10-15,21-23,25,29H,7,9,16-20,24,26H2,1-6H3/t29-/m1/s1. The normalized spacial score (nSPS) is 15.6. The number of morpholine rings is 1. The van der Waals surface area contributed by atoms with Crippen LogP contribution in [0.5, 0.6) is 5.75 Å². The number of hydrogen-bond donors (Lipinski definition) is 0. The minimum Gasteiger partial charge on any atom is -0.494 e. The van der Waals surface area contributed by atoms with Crippen LogP contribution in [0.3, 0.4) is 0 Å². The lowest BCUT2D eigenvalue weighted by atomic mass is 9.98. The highest BCUT2D eigenvalue weighted by Gasteiger charge is 2.38. The highest BCUT2D eigenvalue weighted by atomic mass is 35.5. The Balaban J connectivity index is 1.17. The number of carbonyl (C=O) groups is 2. The number of halogens is 2. The molecule has 0 N–H and O–H groups in total. The maximum absolute atomic E-state index is 15.6.